The van der Waals surface area contributed by atoms with Gasteiger partial charge in [0.25, 0.3) is 0 Å². The number of nitriles is 1. The largest absolute Gasteiger partial charge is 0.503 e. The minimum absolute atomic E-state index is 0.00574. The van der Waals surface area contributed by atoms with Crippen molar-refractivity contribution < 1.29 is 14.6 Å². The van der Waals surface area contributed by atoms with Gasteiger partial charge in [-0.05, 0) is 58.3 Å². The summed E-state index contributed by atoms with van der Waals surface area (Å²) in [5, 5.41) is 20.2. The number of aromatic hydroxyl groups is 1. The number of phenols is 1. The number of fused-ring (bicyclic) bond motifs is 1. The van der Waals surface area contributed by atoms with E-state index in [1.54, 1.807) is 18.3 Å². The van der Waals surface area contributed by atoms with Gasteiger partial charge >= 0.3 is 0 Å². The van der Waals surface area contributed by atoms with Gasteiger partial charge in [-0.2, -0.15) is 5.26 Å². The van der Waals surface area contributed by atoms with E-state index in [4.69, 9.17) is 4.74 Å². The number of H-pyrrole nitrogens is 1. The number of hydrogen-bond donors (Lipinski definition) is 2. The Morgan fingerprint density at radius 1 is 1.38 bits per heavy atom. The van der Waals surface area contributed by atoms with Crippen molar-refractivity contribution in [2.45, 2.75) is 6.92 Å². The number of halogens is 1. The molecular weight excluding hydrogens is 396 g/mol. The van der Waals surface area contributed by atoms with Crippen LogP contribution in [0, 0.1) is 18.3 Å². The summed E-state index contributed by atoms with van der Waals surface area (Å²) in [7, 11) is 1.43. The lowest BCUT2D eigenvalue weighted by molar-refractivity contribution is 0.104. The lowest BCUT2D eigenvalue weighted by Crippen LogP contribution is -2.01. The molecule has 3 rings (SSSR count). The van der Waals surface area contributed by atoms with E-state index in [-0.39, 0.29) is 22.9 Å². The van der Waals surface area contributed by atoms with Crippen molar-refractivity contribution in [1.82, 2.24) is 4.98 Å². The number of hydrogen-bond acceptors (Lipinski definition) is 4. The third-order valence-corrected chi connectivity index (χ3v) is 4.71. The summed E-state index contributed by atoms with van der Waals surface area (Å²) in [6.45, 7) is 1.92. The molecule has 0 saturated carbocycles. The summed E-state index contributed by atoms with van der Waals surface area (Å²) in [6, 6.07) is 10.9. The highest BCUT2D eigenvalue weighted by molar-refractivity contribution is 9.10. The number of ketones is 1. The van der Waals surface area contributed by atoms with E-state index in [0.29, 0.717) is 15.6 Å². The molecule has 5 nitrogen and oxygen atoms in total. The van der Waals surface area contributed by atoms with Gasteiger partial charge in [-0.25, -0.2) is 0 Å². The van der Waals surface area contributed by atoms with Crippen LogP contribution in [0.25, 0.3) is 17.0 Å². The summed E-state index contributed by atoms with van der Waals surface area (Å²) < 4.78 is 5.52. The molecule has 0 aliphatic heterocycles. The van der Waals surface area contributed by atoms with Crippen molar-refractivity contribution in [2.24, 2.45) is 0 Å². The molecule has 26 heavy (non-hydrogen) atoms. The topological polar surface area (TPSA) is 86.1 Å². The number of carbonyl (C=O) groups excluding carboxylic acids is 1. The van der Waals surface area contributed by atoms with E-state index < -0.39 is 0 Å². The van der Waals surface area contributed by atoms with Crippen LogP contribution in [-0.2, 0) is 0 Å². The molecule has 0 aliphatic carbocycles. The molecule has 0 radical (unpaired) electrons. The van der Waals surface area contributed by atoms with Crippen LogP contribution in [-0.4, -0.2) is 23.0 Å². The Morgan fingerprint density at radius 3 is 2.85 bits per heavy atom. The van der Waals surface area contributed by atoms with Crippen molar-refractivity contribution in [3.05, 3.63) is 63.3 Å². The van der Waals surface area contributed by atoms with Crippen molar-refractivity contribution in [3.8, 4) is 17.6 Å². The number of nitrogens with zero attached hydrogens (tertiary/aromatic N) is 1. The molecule has 1 heterocycles. The number of carbonyl (C=O) groups is 1. The lowest BCUT2D eigenvalue weighted by atomic mass is 9.99. The van der Waals surface area contributed by atoms with Crippen molar-refractivity contribution >= 4 is 38.7 Å². The molecule has 0 saturated heterocycles. The Labute approximate surface area is 158 Å². The van der Waals surface area contributed by atoms with Gasteiger partial charge in [0.2, 0.25) is 5.78 Å². The summed E-state index contributed by atoms with van der Waals surface area (Å²) >= 11 is 3.24. The third-order valence-electron chi connectivity index (χ3n) is 4.11. The summed E-state index contributed by atoms with van der Waals surface area (Å²) in [4.78, 5) is 16.0. The van der Waals surface area contributed by atoms with Gasteiger partial charge in [0.15, 0.2) is 11.5 Å². The number of ether oxygens (including phenoxy) is 1. The second-order valence-corrected chi connectivity index (χ2v) is 6.61. The molecule has 0 fully saturated rings. The van der Waals surface area contributed by atoms with E-state index in [1.165, 1.54) is 13.2 Å². The van der Waals surface area contributed by atoms with Crippen molar-refractivity contribution in [3.63, 3.8) is 0 Å². The van der Waals surface area contributed by atoms with Crippen molar-refractivity contribution in [2.75, 3.05) is 7.11 Å². The number of nitrogens with one attached hydrogen (secondary N) is 1. The Morgan fingerprint density at radius 2 is 2.15 bits per heavy atom. The standard InChI is InChI=1S/C20H15BrN2O3/c1-11-4-3-5-16-18(11)14(10-23-16)19(24)13(9-22)6-12-7-15(21)20(25)17(8-12)26-2/h3-8,10,23,25H,1-2H3/b13-6+. The molecule has 2 N–H and O–H groups in total. The SMILES string of the molecule is COc1cc(/C=C(\C#N)C(=O)c2c[nH]c3cccc(C)c23)cc(Br)c1O. The first-order valence-corrected chi connectivity index (χ1v) is 8.55. The molecule has 3 aromatic rings. The molecule has 0 bridgehead atoms. The van der Waals surface area contributed by atoms with Crippen LogP contribution in [0.3, 0.4) is 0 Å². The molecule has 1 aromatic heterocycles. The zero-order chi connectivity index (χ0) is 18.8. The average molecular weight is 411 g/mol. The Balaban J connectivity index is 2.09. The van der Waals surface area contributed by atoms with Gasteiger partial charge in [-0.15, -0.1) is 0 Å². The van der Waals surface area contributed by atoms with Crippen LogP contribution in [0.1, 0.15) is 21.5 Å². The number of aromatic amines is 1. The van der Waals surface area contributed by atoms with E-state index in [0.717, 1.165) is 16.5 Å². The van der Waals surface area contributed by atoms with Crippen LogP contribution in [0.15, 0.2) is 46.6 Å². The lowest BCUT2D eigenvalue weighted by Gasteiger charge is -2.07. The third kappa shape index (κ3) is 3.09. The summed E-state index contributed by atoms with van der Waals surface area (Å²) in [5.74, 6) is -0.156. The average Bonchev–Trinajstić information content (AvgIpc) is 3.07. The molecule has 0 aliphatic rings. The predicted octanol–water partition coefficient (Wildman–Crippen LogP) is 4.74. The molecule has 6 heteroatoms. The number of allylic oxidation sites excluding steroid dienone is 1. The first-order chi connectivity index (χ1) is 12.5. The van der Waals surface area contributed by atoms with Crippen LogP contribution < -0.4 is 4.74 Å². The van der Waals surface area contributed by atoms with E-state index in [2.05, 4.69) is 20.9 Å². The number of phenolic OH excluding ortho intramolecular Hbond substituents is 1. The Bertz CT molecular complexity index is 1090. The monoisotopic (exact) mass is 410 g/mol. The fourth-order valence-electron chi connectivity index (χ4n) is 2.84. The van der Waals surface area contributed by atoms with E-state index in [1.807, 2.05) is 31.2 Å². The molecule has 130 valence electrons. The van der Waals surface area contributed by atoms with E-state index >= 15 is 0 Å². The maximum Gasteiger partial charge on any atom is 0.205 e. The van der Waals surface area contributed by atoms with Crippen LogP contribution in [0.5, 0.6) is 11.5 Å². The summed E-state index contributed by atoms with van der Waals surface area (Å²) in [6.07, 6.45) is 3.10. The maximum atomic E-state index is 12.9. The van der Waals surface area contributed by atoms with Crippen LogP contribution >= 0.6 is 15.9 Å². The number of aromatic nitrogens is 1. The highest BCUT2D eigenvalue weighted by atomic mass is 79.9. The zero-order valence-electron chi connectivity index (χ0n) is 14.1. The van der Waals surface area contributed by atoms with Gasteiger partial charge in [0.05, 0.1) is 11.6 Å². The summed E-state index contributed by atoms with van der Waals surface area (Å²) in [5.41, 5.74) is 2.82. The van der Waals surface area contributed by atoms with Gasteiger partial charge in [-0.3, -0.25) is 4.79 Å². The van der Waals surface area contributed by atoms with E-state index in [9.17, 15) is 15.2 Å². The second-order valence-electron chi connectivity index (χ2n) is 5.75. The highest BCUT2D eigenvalue weighted by Crippen LogP contribution is 2.36. The van der Waals surface area contributed by atoms with Crippen LogP contribution in [0.4, 0.5) is 0 Å². The van der Waals surface area contributed by atoms with Gasteiger partial charge in [0, 0.05) is 22.7 Å². The Hall–Kier alpha value is -3.04. The molecule has 0 unspecified atom stereocenters. The quantitative estimate of drug-likeness (QED) is 0.369. The molecule has 0 amide bonds. The number of Topliss-reactive ketones (excluding diaryl/α,β-unsaturated/α-hetero) is 1. The number of aryl methyl sites for hydroxylation is 1. The number of rotatable bonds is 4. The predicted molar refractivity (Wildman–Crippen MR) is 103 cm³/mol. The fraction of sp³-hybridized carbons (Fsp3) is 0.100. The maximum absolute atomic E-state index is 12.9. The zero-order valence-corrected chi connectivity index (χ0v) is 15.7. The van der Waals surface area contributed by atoms with Gasteiger partial charge < -0.3 is 14.8 Å². The van der Waals surface area contributed by atoms with Gasteiger partial charge in [0.1, 0.15) is 11.6 Å². The minimum Gasteiger partial charge on any atom is -0.503 e. The molecular formula is C20H15BrN2O3. The normalized spacial score (nSPS) is 11.4. The number of methoxy groups -OCH3 is 1. The van der Waals surface area contributed by atoms with Crippen molar-refractivity contribution in [1.29, 1.82) is 5.26 Å². The van der Waals surface area contributed by atoms with Crippen LogP contribution in [0.2, 0.25) is 0 Å². The Kier molecular flexibility index (Phi) is 4.83. The molecule has 0 spiro atoms. The highest BCUT2D eigenvalue weighted by Gasteiger charge is 2.18. The van der Waals surface area contributed by atoms with Gasteiger partial charge in [-0.1, -0.05) is 12.1 Å². The number of benzene rings is 2. The minimum atomic E-state index is -0.365. The second kappa shape index (κ2) is 7.06. The fourth-order valence-corrected chi connectivity index (χ4v) is 3.30. The molecule has 0 atom stereocenters. The smallest absolute Gasteiger partial charge is 0.205 e. The first-order valence-electron chi connectivity index (χ1n) is 7.76. The first kappa shape index (κ1) is 17.8. The molecule has 2 aromatic carbocycles.